The van der Waals surface area contributed by atoms with E-state index in [9.17, 15) is 9.46 Å². The molecule has 3 rings (SSSR count). The summed E-state index contributed by atoms with van der Waals surface area (Å²) < 4.78 is 17.5. The van der Waals surface area contributed by atoms with Crippen LogP contribution < -0.4 is 9.83 Å². The maximum Gasteiger partial charge on any atom is 0.408 e. The highest BCUT2D eigenvalue weighted by Gasteiger charge is 2.34. The molecule has 1 unspecified atom stereocenters. The molecule has 1 aliphatic heterocycles. The van der Waals surface area contributed by atoms with Crippen LogP contribution in [0.5, 0.6) is 5.75 Å². The molecular weight excluding hydrogens is 271 g/mol. The van der Waals surface area contributed by atoms with Crippen molar-refractivity contribution in [1.82, 2.24) is 0 Å². The van der Waals surface area contributed by atoms with E-state index in [0.29, 0.717) is 11.1 Å². The van der Waals surface area contributed by atoms with Gasteiger partial charge in [0, 0.05) is 11.1 Å². The maximum absolute atomic E-state index is 12.2. The number of hydrogen-bond acceptors (Lipinski definition) is 2. The van der Waals surface area contributed by atoms with Crippen molar-refractivity contribution in [3.8, 4) is 16.9 Å². The van der Waals surface area contributed by atoms with E-state index in [1.165, 1.54) is 5.56 Å². The summed E-state index contributed by atoms with van der Waals surface area (Å²) in [4.78, 5) is 10.0. The summed E-state index contributed by atoms with van der Waals surface area (Å²) in [6.07, 6.45) is 3.30. The minimum Gasteiger partial charge on any atom is -0.421 e. The number of benzene rings is 2. The molecule has 0 aromatic heterocycles. The lowest BCUT2D eigenvalue weighted by Gasteiger charge is -2.24. The molecule has 0 fully saturated rings. The lowest BCUT2D eigenvalue weighted by molar-refractivity contribution is 0.392. The molecule has 3 nitrogen and oxygen atoms in total. The van der Waals surface area contributed by atoms with Crippen LogP contribution in [0, 0.1) is 0 Å². The topological polar surface area (TPSA) is 46.5 Å². The Kier molecular flexibility index (Phi) is 3.41. The first-order valence-electron chi connectivity index (χ1n) is 6.87. The van der Waals surface area contributed by atoms with Crippen molar-refractivity contribution in [2.24, 2.45) is 0 Å². The normalized spacial score (nSPS) is 19.9. The zero-order valence-electron chi connectivity index (χ0n) is 11.4. The van der Waals surface area contributed by atoms with Gasteiger partial charge in [0.25, 0.3) is 0 Å². The Bertz CT molecular complexity index is 694. The van der Waals surface area contributed by atoms with Crippen molar-refractivity contribution in [3.63, 3.8) is 0 Å². The van der Waals surface area contributed by atoms with Gasteiger partial charge in [-0.1, -0.05) is 37.6 Å². The fourth-order valence-electron chi connectivity index (χ4n) is 2.53. The van der Waals surface area contributed by atoms with Crippen LogP contribution in [0.4, 0.5) is 0 Å². The second-order valence-electron chi connectivity index (χ2n) is 5.06. The van der Waals surface area contributed by atoms with Crippen LogP contribution in [-0.2, 0) is 11.0 Å². The lowest BCUT2D eigenvalue weighted by atomic mass is 9.99. The summed E-state index contributed by atoms with van der Waals surface area (Å²) in [5.41, 5.74) is 2.95. The molecule has 1 aliphatic rings. The highest BCUT2D eigenvalue weighted by molar-refractivity contribution is 7.62. The van der Waals surface area contributed by atoms with E-state index in [0.717, 1.165) is 30.4 Å². The molecule has 20 heavy (non-hydrogen) atoms. The van der Waals surface area contributed by atoms with Crippen molar-refractivity contribution in [2.45, 2.75) is 26.2 Å². The molecule has 0 aliphatic carbocycles. The zero-order chi connectivity index (χ0) is 14.2. The smallest absolute Gasteiger partial charge is 0.408 e. The molecule has 1 atom stereocenters. The molecule has 1 heterocycles. The standard InChI is InChI=1S/C16H17O3P/c1-2-3-6-12-9-10-15-14(11-12)13-7-4-5-8-16(13)20(17,18)19-15/h4-5,7-11H,2-3,6H2,1H3,(H,17,18). The average Bonchev–Trinajstić information content (AvgIpc) is 2.45. The van der Waals surface area contributed by atoms with Gasteiger partial charge in [-0.2, -0.15) is 0 Å². The summed E-state index contributed by atoms with van der Waals surface area (Å²) in [5.74, 6) is 0.495. The second-order valence-corrected chi connectivity index (χ2v) is 6.77. The van der Waals surface area contributed by atoms with Gasteiger partial charge in [0.05, 0.1) is 5.30 Å². The van der Waals surface area contributed by atoms with Crippen molar-refractivity contribution in [2.75, 3.05) is 0 Å². The number of fused-ring (bicyclic) bond motifs is 3. The summed E-state index contributed by atoms with van der Waals surface area (Å²) in [6, 6.07) is 13.0. The van der Waals surface area contributed by atoms with E-state index < -0.39 is 7.60 Å². The largest absolute Gasteiger partial charge is 0.421 e. The van der Waals surface area contributed by atoms with E-state index in [-0.39, 0.29) is 0 Å². The molecule has 0 amide bonds. The Morgan fingerprint density at radius 2 is 1.95 bits per heavy atom. The molecule has 0 radical (unpaired) electrons. The number of rotatable bonds is 3. The van der Waals surface area contributed by atoms with Gasteiger partial charge in [-0.3, -0.25) is 0 Å². The number of aryl methyl sites for hydroxylation is 1. The monoisotopic (exact) mass is 288 g/mol. The molecule has 1 N–H and O–H groups in total. The van der Waals surface area contributed by atoms with Crippen molar-refractivity contribution < 1.29 is 14.0 Å². The minimum atomic E-state index is -3.75. The highest BCUT2D eigenvalue weighted by Crippen LogP contribution is 2.51. The maximum atomic E-state index is 12.2. The van der Waals surface area contributed by atoms with Crippen LogP contribution in [0.15, 0.2) is 42.5 Å². The summed E-state index contributed by atoms with van der Waals surface area (Å²) in [7, 11) is -3.75. The third kappa shape index (κ3) is 2.28. The van der Waals surface area contributed by atoms with Gasteiger partial charge < -0.3 is 9.42 Å². The first-order chi connectivity index (χ1) is 9.62. The second kappa shape index (κ2) is 5.08. The SMILES string of the molecule is CCCCc1ccc2c(c1)-c1ccccc1P(=O)(O)O2. The van der Waals surface area contributed by atoms with E-state index in [2.05, 4.69) is 13.0 Å². The number of unbranched alkanes of at least 4 members (excludes halogenated alkanes) is 1. The van der Waals surface area contributed by atoms with E-state index in [4.69, 9.17) is 4.52 Å². The highest BCUT2D eigenvalue weighted by atomic mass is 31.2. The van der Waals surface area contributed by atoms with Crippen LogP contribution in [0.1, 0.15) is 25.3 Å². The van der Waals surface area contributed by atoms with Gasteiger partial charge in [0.1, 0.15) is 5.75 Å². The number of hydrogen-bond donors (Lipinski definition) is 1. The molecule has 2 aromatic carbocycles. The molecule has 2 aromatic rings. The Hall–Kier alpha value is -1.57. The van der Waals surface area contributed by atoms with E-state index >= 15 is 0 Å². The molecule has 104 valence electrons. The van der Waals surface area contributed by atoms with Crippen LogP contribution in [-0.4, -0.2) is 4.89 Å². The van der Waals surface area contributed by atoms with Gasteiger partial charge in [-0.15, -0.1) is 0 Å². The van der Waals surface area contributed by atoms with Gasteiger partial charge in [-0.25, -0.2) is 4.57 Å². The Morgan fingerprint density at radius 1 is 1.15 bits per heavy atom. The van der Waals surface area contributed by atoms with E-state index in [1.807, 2.05) is 18.2 Å². The third-order valence-corrected chi connectivity index (χ3v) is 5.03. The van der Waals surface area contributed by atoms with Crippen LogP contribution in [0.25, 0.3) is 11.1 Å². The molecule has 0 bridgehead atoms. The molecular formula is C16H17O3P. The fourth-order valence-corrected chi connectivity index (χ4v) is 3.83. The first kappa shape index (κ1) is 13.4. The van der Waals surface area contributed by atoms with Gasteiger partial charge >= 0.3 is 7.60 Å². The molecule has 0 saturated heterocycles. The Labute approximate surface area is 118 Å². The quantitative estimate of drug-likeness (QED) is 0.871. The molecule has 4 heteroatoms. The zero-order valence-corrected chi connectivity index (χ0v) is 12.3. The predicted octanol–water partition coefficient (Wildman–Crippen LogP) is 3.90. The van der Waals surface area contributed by atoms with Crippen molar-refractivity contribution >= 4 is 12.9 Å². The summed E-state index contributed by atoms with van der Waals surface area (Å²) in [5, 5.41) is 0.389. The predicted molar refractivity (Wildman–Crippen MR) is 80.6 cm³/mol. The van der Waals surface area contributed by atoms with E-state index in [1.54, 1.807) is 18.2 Å². The third-order valence-electron chi connectivity index (χ3n) is 3.58. The van der Waals surface area contributed by atoms with Gasteiger partial charge in [0.15, 0.2) is 0 Å². The summed E-state index contributed by atoms with van der Waals surface area (Å²) in [6.45, 7) is 2.17. The average molecular weight is 288 g/mol. The van der Waals surface area contributed by atoms with Crippen LogP contribution >= 0.6 is 7.60 Å². The van der Waals surface area contributed by atoms with Gasteiger partial charge in [-0.05, 0) is 36.6 Å². The fraction of sp³-hybridized carbons (Fsp3) is 0.250. The minimum absolute atomic E-state index is 0.389. The lowest BCUT2D eigenvalue weighted by Crippen LogP contribution is -2.17. The molecule has 0 spiro atoms. The molecule has 0 saturated carbocycles. The first-order valence-corrected chi connectivity index (χ1v) is 8.45. The van der Waals surface area contributed by atoms with Crippen molar-refractivity contribution in [1.29, 1.82) is 0 Å². The summed E-state index contributed by atoms with van der Waals surface area (Å²) >= 11 is 0. The Morgan fingerprint density at radius 3 is 2.75 bits per heavy atom. The van der Waals surface area contributed by atoms with Gasteiger partial charge in [0.2, 0.25) is 0 Å². The van der Waals surface area contributed by atoms with Crippen LogP contribution in [0.2, 0.25) is 0 Å². The van der Waals surface area contributed by atoms with Crippen LogP contribution in [0.3, 0.4) is 0 Å². The Balaban J connectivity index is 2.12. The van der Waals surface area contributed by atoms with Crippen molar-refractivity contribution in [3.05, 3.63) is 48.0 Å².